The Hall–Kier alpha value is -8.94. The van der Waals surface area contributed by atoms with Crippen molar-refractivity contribution in [1.29, 1.82) is 0 Å². The Morgan fingerprint density at radius 1 is 0.472 bits per heavy atom. The van der Waals surface area contributed by atoms with Gasteiger partial charge in [-0.3, -0.25) is 14.5 Å². The fraction of sp³-hybridized carbons (Fsp3) is 0.352. The zero-order valence-electron chi connectivity index (χ0n) is 52.0. The summed E-state index contributed by atoms with van der Waals surface area (Å²) in [7, 11) is 3.22. The minimum Gasteiger partial charge on any atom is -0.490 e. The first kappa shape index (κ1) is 66.0. The molecule has 2 heterocycles. The standard InChI is InChI=1S/C39H46N4O5.C32H40N4O5/c1-4-31(5-2)41-39(45)42-33-15-20-37(30(25-33)27-46-3)48-35-18-13-32(14-19-35)40-38(44)29-11-16-34(17-12-29)47-36-21-23-43(24-22-36)26-28-9-7-6-8-10-28;1-4-24(5-2)35-32(38)36-26-10-15-30(23(20-26)21-39-3)41-28-13-8-25(9-14-28)34-31(37)22-6-11-27(12-7-22)40-29-16-18-33-19-17-29/h6-20,25,31,36H,4-5,21-24,26-27H2,1-3H3,(H,40,44)(H2,41,42,45);6-15,20,24,29,33H,4-5,16-19,21H2,1-3H3,(H,34,37)(H2,35,36,38). The third-order valence-corrected chi connectivity index (χ3v) is 15.5. The molecule has 0 spiro atoms. The summed E-state index contributed by atoms with van der Waals surface area (Å²) in [4.78, 5) is 53.0. The predicted molar refractivity (Wildman–Crippen MR) is 351 cm³/mol. The van der Waals surface area contributed by atoms with Crippen LogP contribution < -0.4 is 56.2 Å². The second kappa shape index (κ2) is 34.6. The molecule has 0 saturated carbocycles. The number of piperidine rings is 2. The lowest BCUT2D eigenvalue weighted by Gasteiger charge is -2.32. The van der Waals surface area contributed by atoms with Crippen molar-refractivity contribution in [2.45, 2.75) is 123 Å². The van der Waals surface area contributed by atoms with Crippen LogP contribution >= 0.6 is 0 Å². The third-order valence-electron chi connectivity index (χ3n) is 15.5. The Balaban J connectivity index is 0.000000233. The van der Waals surface area contributed by atoms with Gasteiger partial charge in [-0.2, -0.15) is 0 Å². The van der Waals surface area contributed by atoms with E-state index >= 15 is 0 Å². The number of carbonyl (C=O) groups excluding carboxylic acids is 4. The lowest BCUT2D eigenvalue weighted by atomic mass is 10.1. The molecular formula is C71H86N8O10. The fourth-order valence-corrected chi connectivity index (χ4v) is 10.3. The highest BCUT2D eigenvalue weighted by atomic mass is 16.5. The molecule has 7 aromatic carbocycles. The van der Waals surface area contributed by atoms with Crippen LogP contribution in [0.25, 0.3) is 0 Å². The maximum Gasteiger partial charge on any atom is 0.319 e. The number of anilines is 4. The van der Waals surface area contributed by atoms with Crippen molar-refractivity contribution in [3.05, 3.63) is 192 Å². The second-order valence-corrected chi connectivity index (χ2v) is 22.1. The predicted octanol–water partition coefficient (Wildman–Crippen LogP) is 14.5. The van der Waals surface area contributed by atoms with E-state index in [4.69, 9.17) is 28.4 Å². The van der Waals surface area contributed by atoms with Crippen molar-refractivity contribution in [3.63, 3.8) is 0 Å². The number of hydrogen-bond acceptors (Lipinski definition) is 12. The molecule has 470 valence electrons. The number of benzene rings is 7. The highest BCUT2D eigenvalue weighted by Gasteiger charge is 2.22. The molecule has 7 aromatic rings. The first-order valence-corrected chi connectivity index (χ1v) is 31.0. The van der Waals surface area contributed by atoms with Crippen LogP contribution in [0.5, 0.6) is 34.5 Å². The molecule has 9 rings (SSSR count). The Labute approximate surface area is 523 Å². The Morgan fingerprint density at radius 2 is 0.865 bits per heavy atom. The number of likely N-dealkylation sites (tertiary alicyclic amines) is 1. The fourth-order valence-electron chi connectivity index (χ4n) is 10.3. The van der Waals surface area contributed by atoms with Gasteiger partial charge in [0.25, 0.3) is 11.8 Å². The van der Waals surface area contributed by atoms with Gasteiger partial charge in [0.2, 0.25) is 0 Å². The van der Waals surface area contributed by atoms with Crippen molar-refractivity contribution in [2.75, 3.05) is 61.7 Å². The summed E-state index contributed by atoms with van der Waals surface area (Å²) in [5.74, 6) is 3.57. The summed E-state index contributed by atoms with van der Waals surface area (Å²) in [6, 6.07) is 50.1. The van der Waals surface area contributed by atoms with E-state index in [1.165, 1.54) is 5.56 Å². The van der Waals surface area contributed by atoms with E-state index in [-0.39, 0.29) is 48.2 Å². The number of amides is 6. The molecule has 0 atom stereocenters. The van der Waals surface area contributed by atoms with Crippen molar-refractivity contribution >= 4 is 46.6 Å². The van der Waals surface area contributed by atoms with E-state index in [0.717, 1.165) is 107 Å². The van der Waals surface area contributed by atoms with Gasteiger partial charge in [0.1, 0.15) is 46.7 Å². The minimum atomic E-state index is -0.242. The molecule has 2 fully saturated rings. The monoisotopic (exact) mass is 1210 g/mol. The van der Waals surface area contributed by atoms with Gasteiger partial charge in [-0.1, -0.05) is 58.0 Å². The van der Waals surface area contributed by atoms with Crippen LogP contribution in [0.15, 0.2) is 164 Å². The van der Waals surface area contributed by atoms with Gasteiger partial charge in [0.15, 0.2) is 0 Å². The molecule has 2 aliphatic heterocycles. The molecule has 18 heteroatoms. The number of nitrogens with zero attached hydrogens (tertiary/aromatic N) is 1. The van der Waals surface area contributed by atoms with E-state index in [9.17, 15) is 19.2 Å². The molecule has 2 saturated heterocycles. The maximum absolute atomic E-state index is 13.0. The molecule has 2 aliphatic rings. The third kappa shape index (κ3) is 21.1. The van der Waals surface area contributed by atoms with Gasteiger partial charge in [-0.05, 0) is 203 Å². The average molecular weight is 1210 g/mol. The highest BCUT2D eigenvalue weighted by molar-refractivity contribution is 6.05. The van der Waals surface area contributed by atoms with Crippen LogP contribution in [0.4, 0.5) is 32.3 Å². The van der Waals surface area contributed by atoms with Crippen molar-refractivity contribution < 1.29 is 47.6 Å². The van der Waals surface area contributed by atoms with Crippen LogP contribution in [0.2, 0.25) is 0 Å². The van der Waals surface area contributed by atoms with Crippen LogP contribution in [0.3, 0.4) is 0 Å². The van der Waals surface area contributed by atoms with Crippen molar-refractivity contribution in [3.8, 4) is 34.5 Å². The van der Waals surface area contributed by atoms with Gasteiger partial charge in [0, 0.05) is 90.9 Å². The van der Waals surface area contributed by atoms with Gasteiger partial charge in [-0.15, -0.1) is 0 Å². The van der Waals surface area contributed by atoms with Crippen molar-refractivity contribution in [2.24, 2.45) is 0 Å². The van der Waals surface area contributed by atoms with Crippen LogP contribution in [-0.4, -0.2) is 93.5 Å². The van der Waals surface area contributed by atoms with Gasteiger partial charge >= 0.3 is 12.1 Å². The SMILES string of the molecule is CCC(CC)NC(=O)Nc1ccc(Oc2ccc(NC(=O)c3ccc(OC4CCN(Cc5ccccc5)CC4)cc3)cc2)c(COC)c1.CCC(CC)NC(=O)Nc1ccc(Oc2ccc(NC(=O)c3ccc(OC4CCNCC4)cc3)cc2)c(COC)c1. The highest BCUT2D eigenvalue weighted by Crippen LogP contribution is 2.32. The quantitative estimate of drug-likeness (QED) is 0.0270. The van der Waals surface area contributed by atoms with Crippen LogP contribution in [0.1, 0.15) is 116 Å². The molecular weight excluding hydrogens is 1120 g/mol. The topological polar surface area (TPSA) is 211 Å². The zero-order chi connectivity index (χ0) is 62.7. The first-order chi connectivity index (χ1) is 43.4. The molecule has 0 aliphatic carbocycles. The molecule has 0 radical (unpaired) electrons. The smallest absolute Gasteiger partial charge is 0.319 e. The van der Waals surface area contributed by atoms with E-state index in [1.807, 2.05) is 70.2 Å². The summed E-state index contributed by atoms with van der Waals surface area (Å²) in [5.41, 5.74) is 6.61. The number of carbonyl (C=O) groups is 4. The molecule has 6 amide bonds. The minimum absolute atomic E-state index is 0.128. The van der Waals surface area contributed by atoms with E-state index in [0.29, 0.717) is 70.1 Å². The Kier molecular flexibility index (Phi) is 25.6. The van der Waals surface area contributed by atoms with Crippen molar-refractivity contribution in [1.82, 2.24) is 20.9 Å². The number of urea groups is 2. The number of methoxy groups -OCH3 is 2. The number of ether oxygens (including phenoxy) is 6. The van der Waals surface area contributed by atoms with Crippen LogP contribution in [0, 0.1) is 0 Å². The summed E-state index contributed by atoms with van der Waals surface area (Å²) < 4.78 is 35.2. The van der Waals surface area contributed by atoms with E-state index < -0.39 is 0 Å². The summed E-state index contributed by atoms with van der Waals surface area (Å²) in [6.07, 6.45) is 7.77. The van der Waals surface area contributed by atoms with E-state index in [1.54, 1.807) is 111 Å². The second-order valence-electron chi connectivity index (χ2n) is 22.1. The first-order valence-electron chi connectivity index (χ1n) is 31.0. The summed E-state index contributed by atoms with van der Waals surface area (Å²) in [5, 5.41) is 20.9. The van der Waals surface area contributed by atoms with Gasteiger partial charge in [0.05, 0.1) is 13.2 Å². The maximum atomic E-state index is 13.0. The molecule has 7 N–H and O–H groups in total. The van der Waals surface area contributed by atoms with Crippen LogP contribution in [-0.2, 0) is 29.2 Å². The summed E-state index contributed by atoms with van der Waals surface area (Å²) in [6.45, 7) is 13.7. The molecule has 89 heavy (non-hydrogen) atoms. The lowest BCUT2D eigenvalue weighted by Crippen LogP contribution is -2.37. The molecule has 0 bridgehead atoms. The normalized spacial score (nSPS) is 13.5. The van der Waals surface area contributed by atoms with E-state index in [2.05, 4.69) is 66.4 Å². The largest absolute Gasteiger partial charge is 0.490 e. The number of hydrogen-bond donors (Lipinski definition) is 7. The average Bonchev–Trinajstić information content (AvgIpc) is 3.57. The summed E-state index contributed by atoms with van der Waals surface area (Å²) >= 11 is 0. The molecule has 0 unspecified atom stereocenters. The zero-order valence-corrected chi connectivity index (χ0v) is 52.0. The Bertz CT molecular complexity index is 3310. The molecule has 18 nitrogen and oxygen atoms in total. The van der Waals surface area contributed by atoms with Gasteiger partial charge in [-0.25, -0.2) is 9.59 Å². The Morgan fingerprint density at radius 3 is 1.27 bits per heavy atom. The lowest BCUT2D eigenvalue weighted by molar-refractivity contribution is 0.0967. The van der Waals surface area contributed by atoms with Gasteiger partial charge < -0.3 is 65.6 Å². The molecule has 0 aromatic heterocycles. The number of nitrogens with one attached hydrogen (secondary N) is 7. The number of rotatable bonds is 26.